The van der Waals surface area contributed by atoms with Crippen LogP contribution in [-0.2, 0) is 4.79 Å². The van der Waals surface area contributed by atoms with Crippen LogP contribution in [0.15, 0.2) is 52.4 Å². The van der Waals surface area contributed by atoms with Gasteiger partial charge in [0.15, 0.2) is 11.7 Å². The van der Waals surface area contributed by atoms with Crippen LogP contribution in [0.1, 0.15) is 16.7 Å². The summed E-state index contributed by atoms with van der Waals surface area (Å²) in [5, 5.41) is 2.24. The van der Waals surface area contributed by atoms with Crippen LogP contribution < -0.4 is 5.43 Å². The summed E-state index contributed by atoms with van der Waals surface area (Å²) in [5.74, 6) is 1.14. The summed E-state index contributed by atoms with van der Waals surface area (Å²) in [6, 6.07) is 13.5. The van der Waals surface area contributed by atoms with Gasteiger partial charge in [-0.15, -0.1) is 0 Å². The molecule has 23 heavy (non-hydrogen) atoms. The van der Waals surface area contributed by atoms with Crippen LogP contribution in [0.3, 0.4) is 0 Å². The minimum absolute atomic E-state index is 0.0962. The molecule has 0 aromatic heterocycles. The van der Waals surface area contributed by atoms with Gasteiger partial charge in [0.05, 0.1) is 5.69 Å². The van der Waals surface area contributed by atoms with Gasteiger partial charge in [-0.1, -0.05) is 41.4 Å². The number of carbonyl (C=O) groups excluding carboxylic acids is 1. The first-order valence-corrected chi connectivity index (χ1v) is 7.59. The van der Waals surface area contributed by atoms with Gasteiger partial charge in [0.1, 0.15) is 6.54 Å². The van der Waals surface area contributed by atoms with E-state index in [4.69, 9.17) is 16.6 Å². The van der Waals surface area contributed by atoms with Gasteiger partial charge in [0.2, 0.25) is 0 Å². The van der Waals surface area contributed by atoms with Gasteiger partial charge >= 0.3 is 0 Å². The lowest BCUT2D eigenvalue weighted by molar-refractivity contribution is -0.122. The van der Waals surface area contributed by atoms with E-state index in [1.165, 1.54) is 0 Å². The summed E-state index contributed by atoms with van der Waals surface area (Å²) in [4.78, 5) is 20.9. The van der Waals surface area contributed by atoms with E-state index in [9.17, 15) is 4.79 Å². The van der Waals surface area contributed by atoms with Crippen molar-refractivity contribution in [1.82, 2.24) is 10.4 Å². The molecule has 0 aliphatic carbocycles. The molecule has 0 spiro atoms. The summed E-state index contributed by atoms with van der Waals surface area (Å²) in [6.45, 7) is 2.12. The van der Waals surface area contributed by atoms with E-state index in [1.807, 2.05) is 43.3 Å². The highest BCUT2D eigenvalue weighted by Gasteiger charge is 2.31. The SMILES string of the molecule is Cc1ccc(C2=Nc3ccc(Cl)cc3C3=NCC(=O)NN23)cc1. The van der Waals surface area contributed by atoms with Crippen molar-refractivity contribution in [2.45, 2.75) is 6.92 Å². The van der Waals surface area contributed by atoms with E-state index in [0.717, 1.165) is 22.4 Å². The van der Waals surface area contributed by atoms with Crippen LogP contribution in [0.25, 0.3) is 0 Å². The molecular weight excluding hydrogens is 312 g/mol. The van der Waals surface area contributed by atoms with Crippen LogP contribution in [0.2, 0.25) is 5.02 Å². The smallest absolute Gasteiger partial charge is 0.260 e. The van der Waals surface area contributed by atoms with Gasteiger partial charge in [-0.25, -0.2) is 10.0 Å². The molecule has 1 amide bonds. The third-order valence-corrected chi connectivity index (χ3v) is 4.00. The number of rotatable bonds is 1. The molecule has 0 radical (unpaired) electrons. The van der Waals surface area contributed by atoms with E-state index < -0.39 is 0 Å². The molecule has 114 valence electrons. The highest BCUT2D eigenvalue weighted by molar-refractivity contribution is 6.31. The molecule has 2 aromatic carbocycles. The number of fused-ring (bicyclic) bond motifs is 3. The van der Waals surface area contributed by atoms with Crippen LogP contribution in [0.4, 0.5) is 5.69 Å². The second-order valence-corrected chi connectivity index (χ2v) is 5.91. The molecule has 1 N–H and O–H groups in total. The quantitative estimate of drug-likeness (QED) is 0.877. The lowest BCUT2D eigenvalue weighted by Gasteiger charge is -2.34. The molecule has 0 unspecified atom stereocenters. The summed E-state index contributed by atoms with van der Waals surface area (Å²) in [6.07, 6.45) is 0. The first kappa shape index (κ1) is 14.0. The average molecular weight is 325 g/mol. The summed E-state index contributed by atoms with van der Waals surface area (Å²) in [5.41, 5.74) is 6.50. The Morgan fingerprint density at radius 1 is 1.13 bits per heavy atom. The number of amides is 1. The topological polar surface area (TPSA) is 57.1 Å². The maximum atomic E-state index is 11.8. The fourth-order valence-corrected chi connectivity index (χ4v) is 2.81. The number of nitrogens with zero attached hydrogens (tertiary/aromatic N) is 3. The van der Waals surface area contributed by atoms with E-state index in [0.29, 0.717) is 16.7 Å². The number of aryl methyl sites for hydroxylation is 1. The number of hydrogen-bond donors (Lipinski definition) is 1. The van der Waals surface area contributed by atoms with Gasteiger partial charge in [0, 0.05) is 16.1 Å². The Morgan fingerprint density at radius 3 is 2.70 bits per heavy atom. The zero-order valence-corrected chi connectivity index (χ0v) is 13.1. The fourth-order valence-electron chi connectivity index (χ4n) is 2.63. The second-order valence-electron chi connectivity index (χ2n) is 5.47. The molecule has 0 atom stereocenters. The van der Waals surface area contributed by atoms with Crippen molar-refractivity contribution in [2.24, 2.45) is 9.98 Å². The molecule has 2 heterocycles. The third-order valence-electron chi connectivity index (χ3n) is 3.77. The summed E-state index contributed by atoms with van der Waals surface area (Å²) < 4.78 is 0. The van der Waals surface area contributed by atoms with Crippen molar-refractivity contribution in [3.05, 3.63) is 64.2 Å². The van der Waals surface area contributed by atoms with Gasteiger partial charge in [-0.2, -0.15) is 0 Å². The number of hydrogen-bond acceptors (Lipinski definition) is 4. The number of carbonyl (C=O) groups is 1. The fraction of sp³-hybridized carbons (Fsp3) is 0.118. The Bertz CT molecular complexity index is 871. The van der Waals surface area contributed by atoms with Crippen LogP contribution in [-0.4, -0.2) is 29.1 Å². The summed E-state index contributed by atoms with van der Waals surface area (Å²) >= 11 is 6.10. The minimum atomic E-state index is -0.168. The molecule has 5 nitrogen and oxygen atoms in total. The molecule has 4 rings (SSSR count). The first-order chi connectivity index (χ1) is 11.1. The number of hydrazine groups is 1. The monoisotopic (exact) mass is 324 g/mol. The van der Waals surface area contributed by atoms with Gasteiger partial charge in [-0.05, 0) is 25.1 Å². The summed E-state index contributed by atoms with van der Waals surface area (Å²) in [7, 11) is 0. The highest BCUT2D eigenvalue weighted by atomic mass is 35.5. The largest absolute Gasteiger partial charge is 0.271 e. The second kappa shape index (κ2) is 5.21. The molecule has 0 bridgehead atoms. The van der Waals surface area contributed by atoms with E-state index in [2.05, 4.69) is 10.4 Å². The Morgan fingerprint density at radius 2 is 1.91 bits per heavy atom. The first-order valence-electron chi connectivity index (χ1n) is 7.21. The van der Waals surface area contributed by atoms with Crippen molar-refractivity contribution in [3.8, 4) is 0 Å². The Kier molecular flexibility index (Phi) is 3.16. The molecular formula is C17H13ClN4O. The Balaban J connectivity index is 1.92. The zero-order valence-electron chi connectivity index (χ0n) is 12.4. The van der Waals surface area contributed by atoms with Crippen molar-refractivity contribution < 1.29 is 4.79 Å². The predicted octanol–water partition coefficient (Wildman–Crippen LogP) is 2.83. The van der Waals surface area contributed by atoms with Gasteiger partial charge < -0.3 is 0 Å². The van der Waals surface area contributed by atoms with E-state index in [1.54, 1.807) is 11.1 Å². The molecule has 0 fully saturated rings. The predicted molar refractivity (Wildman–Crippen MR) is 90.2 cm³/mol. The molecule has 2 aliphatic heterocycles. The lowest BCUT2D eigenvalue weighted by Crippen LogP contribution is -2.55. The van der Waals surface area contributed by atoms with E-state index >= 15 is 0 Å². The molecule has 6 heteroatoms. The van der Waals surface area contributed by atoms with E-state index in [-0.39, 0.29) is 12.5 Å². The lowest BCUT2D eigenvalue weighted by atomic mass is 10.1. The van der Waals surface area contributed by atoms with Crippen molar-refractivity contribution in [2.75, 3.05) is 6.54 Å². The third kappa shape index (κ3) is 2.39. The number of amidine groups is 2. The number of halogens is 1. The number of nitrogens with one attached hydrogen (secondary N) is 1. The molecule has 0 saturated heterocycles. The maximum absolute atomic E-state index is 11.8. The highest BCUT2D eigenvalue weighted by Crippen LogP contribution is 2.31. The number of benzene rings is 2. The van der Waals surface area contributed by atoms with Gasteiger partial charge in [0.25, 0.3) is 5.91 Å². The molecule has 0 saturated carbocycles. The van der Waals surface area contributed by atoms with Crippen LogP contribution in [0, 0.1) is 6.92 Å². The Hall–Kier alpha value is -2.66. The maximum Gasteiger partial charge on any atom is 0.260 e. The van der Waals surface area contributed by atoms with Crippen molar-refractivity contribution in [1.29, 1.82) is 0 Å². The van der Waals surface area contributed by atoms with Crippen LogP contribution >= 0.6 is 11.6 Å². The molecule has 2 aliphatic rings. The van der Waals surface area contributed by atoms with Crippen molar-refractivity contribution in [3.63, 3.8) is 0 Å². The van der Waals surface area contributed by atoms with Crippen LogP contribution in [0.5, 0.6) is 0 Å². The number of aliphatic imine (C=N–C) groups is 2. The normalized spacial score (nSPS) is 16.1. The van der Waals surface area contributed by atoms with Gasteiger partial charge in [-0.3, -0.25) is 15.2 Å². The minimum Gasteiger partial charge on any atom is -0.271 e. The average Bonchev–Trinajstić information content (AvgIpc) is 2.55. The zero-order chi connectivity index (χ0) is 16.0. The van der Waals surface area contributed by atoms with Crippen molar-refractivity contribution >= 4 is 34.9 Å². The Labute approximate surface area is 138 Å². The standard InChI is InChI=1S/C17H13ClN4O/c1-10-2-4-11(5-3-10)16-20-14-7-6-12(18)8-13(14)17-19-9-15(23)21-22(16)17/h2-8H,9H2,1H3,(H,21,23). The molecule has 2 aromatic rings.